The van der Waals surface area contributed by atoms with Gasteiger partial charge in [0.15, 0.2) is 0 Å². The van der Waals surface area contributed by atoms with Crippen LogP contribution < -0.4 is 5.73 Å². The van der Waals surface area contributed by atoms with Gasteiger partial charge in [0.2, 0.25) is 0 Å². The van der Waals surface area contributed by atoms with Gasteiger partial charge in [0.05, 0.1) is 12.1 Å². The fraction of sp³-hybridized carbons (Fsp3) is 0.200. The quantitative estimate of drug-likeness (QED) is 0.873. The Morgan fingerprint density at radius 3 is 2.57 bits per heavy atom. The number of rotatable bonds is 1. The van der Waals surface area contributed by atoms with E-state index in [0.717, 1.165) is 17.7 Å². The number of nitrogen functional groups attached to an aromatic ring is 1. The van der Waals surface area contributed by atoms with Gasteiger partial charge in [0, 0.05) is 23.0 Å². The molecule has 3 nitrogen and oxygen atoms in total. The number of nitrogens with two attached hydrogens (primary N) is 1. The number of pyridine rings is 1. The third kappa shape index (κ3) is 2.37. The maximum atomic E-state index is 13.0. The first-order chi connectivity index (χ1) is 9.86. The summed E-state index contributed by atoms with van der Waals surface area (Å²) in [6.07, 6.45) is -2.78. The van der Waals surface area contributed by atoms with Crippen LogP contribution in [0.1, 0.15) is 22.4 Å². The molecule has 2 aromatic rings. The minimum atomic E-state index is -4.39. The van der Waals surface area contributed by atoms with E-state index in [1.807, 2.05) is 0 Å². The van der Waals surface area contributed by atoms with E-state index in [1.165, 1.54) is 0 Å². The van der Waals surface area contributed by atoms with Crippen molar-refractivity contribution in [3.8, 4) is 11.1 Å². The SMILES string of the molecule is Cc1nc(N)ccc1-c1cc(C(F)(F)F)cc2c1C=NC2. The number of fused-ring (bicyclic) bond motifs is 1. The molecule has 0 saturated carbocycles. The average Bonchev–Trinajstić information content (AvgIpc) is 2.85. The molecule has 0 radical (unpaired) electrons. The van der Waals surface area contributed by atoms with Gasteiger partial charge in [-0.3, -0.25) is 4.99 Å². The molecule has 108 valence electrons. The molecular weight excluding hydrogens is 279 g/mol. The molecule has 1 aliphatic rings. The minimum Gasteiger partial charge on any atom is -0.384 e. The van der Waals surface area contributed by atoms with Crippen molar-refractivity contribution in [2.45, 2.75) is 19.6 Å². The predicted octanol–water partition coefficient (Wildman–Crippen LogP) is 3.59. The number of halogens is 3. The number of aryl methyl sites for hydroxylation is 1. The first-order valence-electron chi connectivity index (χ1n) is 6.33. The summed E-state index contributed by atoms with van der Waals surface area (Å²) in [5, 5.41) is 0. The van der Waals surface area contributed by atoms with Crippen molar-refractivity contribution in [3.63, 3.8) is 0 Å². The van der Waals surface area contributed by atoms with Gasteiger partial charge in [-0.2, -0.15) is 13.2 Å². The fourth-order valence-electron chi connectivity index (χ4n) is 2.48. The number of aromatic nitrogens is 1. The monoisotopic (exact) mass is 291 g/mol. The Kier molecular flexibility index (Phi) is 2.97. The summed E-state index contributed by atoms with van der Waals surface area (Å²) in [5.41, 5.74) is 7.96. The van der Waals surface area contributed by atoms with Crippen molar-refractivity contribution < 1.29 is 13.2 Å². The molecule has 0 fully saturated rings. The van der Waals surface area contributed by atoms with Crippen molar-refractivity contribution in [1.29, 1.82) is 0 Å². The van der Waals surface area contributed by atoms with Crippen LogP contribution in [-0.4, -0.2) is 11.2 Å². The van der Waals surface area contributed by atoms with Crippen LogP contribution in [0.2, 0.25) is 0 Å². The molecule has 0 atom stereocenters. The zero-order valence-corrected chi connectivity index (χ0v) is 11.2. The molecular formula is C15H12F3N3. The Bertz CT molecular complexity index is 749. The molecule has 21 heavy (non-hydrogen) atoms. The number of hydrogen-bond acceptors (Lipinski definition) is 3. The van der Waals surface area contributed by atoms with Gasteiger partial charge in [0.25, 0.3) is 0 Å². The normalized spacial score (nSPS) is 13.5. The molecule has 0 amide bonds. The molecule has 2 N–H and O–H groups in total. The lowest BCUT2D eigenvalue weighted by atomic mass is 9.93. The van der Waals surface area contributed by atoms with E-state index in [4.69, 9.17) is 5.73 Å². The summed E-state index contributed by atoms with van der Waals surface area (Å²) in [5.74, 6) is 0.341. The standard InChI is InChI=1S/C15H12F3N3/c1-8-11(2-3-14(19)21-8)12-5-10(15(16,17)18)4-9-6-20-7-13(9)12/h2-5,7H,6H2,1H3,(H2,19,21). The summed E-state index contributed by atoms with van der Waals surface area (Å²) in [6, 6.07) is 5.59. The Morgan fingerprint density at radius 2 is 1.90 bits per heavy atom. The van der Waals surface area contributed by atoms with Crippen molar-refractivity contribution in [2.75, 3.05) is 5.73 Å². The highest BCUT2D eigenvalue weighted by Crippen LogP contribution is 2.37. The third-order valence-corrected chi connectivity index (χ3v) is 3.47. The number of hydrogen-bond donors (Lipinski definition) is 1. The van der Waals surface area contributed by atoms with Crippen LogP contribution in [0.25, 0.3) is 11.1 Å². The first kappa shape index (κ1) is 13.6. The third-order valence-electron chi connectivity index (χ3n) is 3.47. The Hall–Kier alpha value is -2.37. The molecule has 0 aliphatic carbocycles. The molecule has 0 bridgehead atoms. The van der Waals surface area contributed by atoms with Crippen LogP contribution in [0.4, 0.5) is 19.0 Å². The van der Waals surface area contributed by atoms with Crippen molar-refractivity contribution in [3.05, 3.63) is 46.6 Å². The maximum absolute atomic E-state index is 13.0. The average molecular weight is 291 g/mol. The Labute approximate surface area is 119 Å². The fourth-order valence-corrected chi connectivity index (χ4v) is 2.48. The van der Waals surface area contributed by atoms with E-state index in [1.54, 1.807) is 25.3 Å². The van der Waals surface area contributed by atoms with Gasteiger partial charge in [-0.15, -0.1) is 0 Å². The molecule has 2 heterocycles. The van der Waals surface area contributed by atoms with E-state index in [9.17, 15) is 13.2 Å². The molecule has 6 heteroatoms. The largest absolute Gasteiger partial charge is 0.416 e. The predicted molar refractivity (Wildman–Crippen MR) is 75.1 cm³/mol. The molecule has 0 unspecified atom stereocenters. The van der Waals surface area contributed by atoms with Crippen molar-refractivity contribution in [1.82, 2.24) is 4.98 Å². The van der Waals surface area contributed by atoms with E-state index in [2.05, 4.69) is 9.98 Å². The molecule has 0 spiro atoms. The topological polar surface area (TPSA) is 51.3 Å². The van der Waals surface area contributed by atoms with Crippen molar-refractivity contribution in [2.24, 2.45) is 4.99 Å². The maximum Gasteiger partial charge on any atom is 0.416 e. The summed E-state index contributed by atoms with van der Waals surface area (Å²) in [7, 11) is 0. The van der Waals surface area contributed by atoms with E-state index >= 15 is 0 Å². The number of benzene rings is 1. The number of aliphatic imine (C=N–C) groups is 1. The highest BCUT2D eigenvalue weighted by molar-refractivity contribution is 5.95. The Morgan fingerprint density at radius 1 is 1.14 bits per heavy atom. The highest BCUT2D eigenvalue weighted by atomic mass is 19.4. The zero-order valence-electron chi connectivity index (χ0n) is 11.2. The lowest BCUT2D eigenvalue weighted by Gasteiger charge is -2.14. The zero-order chi connectivity index (χ0) is 15.2. The lowest BCUT2D eigenvalue weighted by Crippen LogP contribution is -2.07. The second-order valence-electron chi connectivity index (χ2n) is 4.93. The smallest absolute Gasteiger partial charge is 0.384 e. The lowest BCUT2D eigenvalue weighted by molar-refractivity contribution is -0.137. The van der Waals surface area contributed by atoms with Gasteiger partial charge in [0.1, 0.15) is 5.82 Å². The van der Waals surface area contributed by atoms with Crippen molar-refractivity contribution >= 4 is 12.0 Å². The molecule has 0 saturated heterocycles. The van der Waals surface area contributed by atoms with Crippen LogP contribution >= 0.6 is 0 Å². The summed E-state index contributed by atoms with van der Waals surface area (Å²) in [4.78, 5) is 8.19. The summed E-state index contributed by atoms with van der Waals surface area (Å²) < 4.78 is 39.1. The van der Waals surface area contributed by atoms with Crippen LogP contribution in [0.3, 0.4) is 0 Å². The molecule has 1 aromatic carbocycles. The summed E-state index contributed by atoms with van der Waals surface area (Å²) in [6.45, 7) is 2.00. The second kappa shape index (κ2) is 4.58. The van der Waals surface area contributed by atoms with Crippen LogP contribution in [0.15, 0.2) is 29.3 Å². The summed E-state index contributed by atoms with van der Waals surface area (Å²) >= 11 is 0. The number of alkyl halides is 3. The second-order valence-corrected chi connectivity index (χ2v) is 4.93. The van der Waals surface area contributed by atoms with Gasteiger partial charge >= 0.3 is 6.18 Å². The van der Waals surface area contributed by atoms with Gasteiger partial charge < -0.3 is 5.73 Å². The molecule has 3 rings (SSSR count). The minimum absolute atomic E-state index is 0.272. The van der Waals surface area contributed by atoms with E-state index < -0.39 is 11.7 Å². The highest BCUT2D eigenvalue weighted by Gasteiger charge is 2.32. The van der Waals surface area contributed by atoms with E-state index in [-0.39, 0.29) is 6.54 Å². The first-order valence-corrected chi connectivity index (χ1v) is 6.33. The van der Waals surface area contributed by atoms with Gasteiger partial charge in [-0.05, 0) is 42.3 Å². The van der Waals surface area contributed by atoms with Crippen LogP contribution in [0.5, 0.6) is 0 Å². The number of nitrogens with zero attached hydrogens (tertiary/aromatic N) is 2. The van der Waals surface area contributed by atoms with Gasteiger partial charge in [-0.1, -0.05) is 0 Å². The molecule has 1 aliphatic heterocycles. The molecule has 1 aromatic heterocycles. The Balaban J connectivity index is 2.26. The van der Waals surface area contributed by atoms with E-state index in [0.29, 0.717) is 28.2 Å². The number of anilines is 1. The van der Waals surface area contributed by atoms with Crippen LogP contribution in [0, 0.1) is 6.92 Å². The van der Waals surface area contributed by atoms with Crippen LogP contribution in [-0.2, 0) is 12.7 Å². The van der Waals surface area contributed by atoms with Gasteiger partial charge in [-0.25, -0.2) is 4.98 Å².